The van der Waals surface area contributed by atoms with Gasteiger partial charge in [0, 0.05) is 4.47 Å². The highest BCUT2D eigenvalue weighted by molar-refractivity contribution is 9.10. The quantitative estimate of drug-likeness (QED) is 0.719. The minimum absolute atomic E-state index is 0.190. The van der Waals surface area contributed by atoms with Gasteiger partial charge in [0.25, 0.3) is 5.35 Å². The Hall–Kier alpha value is -0.540. The zero-order valence-corrected chi connectivity index (χ0v) is 9.53. The molecule has 0 unspecified atom stereocenters. The molecule has 0 N–H and O–H groups in total. The van der Waals surface area contributed by atoms with Crippen molar-refractivity contribution in [2.24, 2.45) is 0 Å². The van der Waals surface area contributed by atoms with Gasteiger partial charge in [0.1, 0.15) is 5.52 Å². The van der Waals surface area contributed by atoms with Crippen molar-refractivity contribution >= 4 is 38.6 Å². The molecule has 2 aromatic rings. The standard InChI is InChI=1S/C9H7BrClNO/c1-4-3-6-8(5(2)7(4)10)12-9(11)13-6/h3H,1-2H3. The van der Waals surface area contributed by atoms with Crippen molar-refractivity contribution in [2.75, 3.05) is 0 Å². The van der Waals surface area contributed by atoms with Crippen LogP contribution in [0.4, 0.5) is 0 Å². The van der Waals surface area contributed by atoms with E-state index in [1.807, 2.05) is 19.9 Å². The summed E-state index contributed by atoms with van der Waals surface area (Å²) in [6.45, 7) is 3.99. The molecule has 4 heteroatoms. The van der Waals surface area contributed by atoms with E-state index >= 15 is 0 Å². The molecule has 68 valence electrons. The number of halogens is 2. The first-order valence-electron chi connectivity index (χ1n) is 3.81. The molecule has 1 heterocycles. The van der Waals surface area contributed by atoms with Crippen molar-refractivity contribution in [3.8, 4) is 0 Å². The Morgan fingerprint density at radius 1 is 1.46 bits per heavy atom. The molecule has 0 spiro atoms. The second-order valence-corrected chi connectivity index (χ2v) is 4.06. The van der Waals surface area contributed by atoms with Crippen LogP contribution >= 0.6 is 27.5 Å². The van der Waals surface area contributed by atoms with Gasteiger partial charge in [0.2, 0.25) is 0 Å². The lowest BCUT2D eigenvalue weighted by Gasteiger charge is -2.01. The van der Waals surface area contributed by atoms with E-state index in [0.29, 0.717) is 0 Å². The van der Waals surface area contributed by atoms with Crippen LogP contribution in [0.15, 0.2) is 15.0 Å². The molecule has 0 radical (unpaired) electrons. The van der Waals surface area contributed by atoms with Gasteiger partial charge in [-0.3, -0.25) is 0 Å². The van der Waals surface area contributed by atoms with E-state index in [9.17, 15) is 0 Å². The number of benzene rings is 1. The largest absolute Gasteiger partial charge is 0.428 e. The minimum Gasteiger partial charge on any atom is -0.428 e. The Morgan fingerprint density at radius 3 is 2.85 bits per heavy atom. The molecule has 1 aromatic heterocycles. The van der Waals surface area contributed by atoms with Gasteiger partial charge >= 0.3 is 0 Å². The van der Waals surface area contributed by atoms with Crippen LogP contribution in [-0.2, 0) is 0 Å². The maximum absolute atomic E-state index is 5.67. The van der Waals surface area contributed by atoms with Gasteiger partial charge in [-0.25, -0.2) is 0 Å². The fourth-order valence-corrected chi connectivity index (χ4v) is 1.80. The maximum Gasteiger partial charge on any atom is 0.293 e. The van der Waals surface area contributed by atoms with Gasteiger partial charge in [-0.1, -0.05) is 15.9 Å². The average Bonchev–Trinajstić information content (AvgIpc) is 2.42. The van der Waals surface area contributed by atoms with Gasteiger partial charge in [-0.2, -0.15) is 4.98 Å². The molecule has 0 aliphatic rings. The molecule has 2 rings (SSSR count). The molecule has 0 fully saturated rings. The van der Waals surface area contributed by atoms with Crippen molar-refractivity contribution in [3.05, 3.63) is 27.0 Å². The summed E-state index contributed by atoms with van der Waals surface area (Å²) < 4.78 is 6.28. The Bertz CT molecular complexity index is 478. The summed E-state index contributed by atoms with van der Waals surface area (Å²) >= 11 is 9.15. The van der Waals surface area contributed by atoms with Gasteiger partial charge < -0.3 is 4.42 Å². The number of hydrogen-bond donors (Lipinski definition) is 0. The van der Waals surface area contributed by atoms with Crippen LogP contribution in [0, 0.1) is 13.8 Å². The lowest BCUT2D eigenvalue weighted by molar-refractivity contribution is 0.604. The lowest BCUT2D eigenvalue weighted by Crippen LogP contribution is -1.83. The van der Waals surface area contributed by atoms with Crippen molar-refractivity contribution < 1.29 is 4.42 Å². The second-order valence-electron chi connectivity index (χ2n) is 2.95. The summed E-state index contributed by atoms with van der Waals surface area (Å²) in [5.41, 5.74) is 3.74. The molecule has 0 atom stereocenters. The SMILES string of the molecule is Cc1cc2oc(Cl)nc2c(C)c1Br. The number of fused-ring (bicyclic) bond motifs is 1. The summed E-state index contributed by atoms with van der Waals surface area (Å²) in [4.78, 5) is 4.08. The molecule has 0 aliphatic heterocycles. The number of aryl methyl sites for hydroxylation is 2. The van der Waals surface area contributed by atoms with Crippen LogP contribution in [0.2, 0.25) is 5.35 Å². The molecule has 0 amide bonds. The van der Waals surface area contributed by atoms with Gasteiger partial charge in [-0.05, 0) is 42.6 Å². The maximum atomic E-state index is 5.67. The number of oxazole rings is 1. The Balaban J connectivity index is 2.92. The van der Waals surface area contributed by atoms with Crippen molar-refractivity contribution in [1.82, 2.24) is 4.98 Å². The van der Waals surface area contributed by atoms with E-state index in [2.05, 4.69) is 20.9 Å². The van der Waals surface area contributed by atoms with E-state index in [1.54, 1.807) is 0 Å². The van der Waals surface area contributed by atoms with E-state index in [-0.39, 0.29) is 5.35 Å². The van der Waals surface area contributed by atoms with Crippen LogP contribution in [-0.4, -0.2) is 4.98 Å². The van der Waals surface area contributed by atoms with Crippen LogP contribution < -0.4 is 0 Å². The molecule has 0 aliphatic carbocycles. The summed E-state index contributed by atoms with van der Waals surface area (Å²) in [7, 11) is 0. The first kappa shape index (κ1) is 9.03. The Morgan fingerprint density at radius 2 is 2.15 bits per heavy atom. The van der Waals surface area contributed by atoms with Crippen LogP contribution in [0.5, 0.6) is 0 Å². The van der Waals surface area contributed by atoms with Gasteiger partial charge in [0.15, 0.2) is 5.58 Å². The fraction of sp³-hybridized carbons (Fsp3) is 0.222. The summed E-state index contributed by atoms with van der Waals surface area (Å²) in [6, 6.07) is 1.92. The van der Waals surface area contributed by atoms with Gasteiger partial charge in [-0.15, -0.1) is 0 Å². The molecular weight excluding hydrogens is 253 g/mol. The molecule has 0 bridgehead atoms. The zero-order valence-electron chi connectivity index (χ0n) is 7.19. The highest BCUT2D eigenvalue weighted by atomic mass is 79.9. The van der Waals surface area contributed by atoms with Crippen LogP contribution in [0.1, 0.15) is 11.1 Å². The first-order chi connectivity index (χ1) is 6.09. The molecule has 1 aromatic carbocycles. The molecule has 0 saturated heterocycles. The Labute approximate surface area is 89.0 Å². The highest BCUT2D eigenvalue weighted by Gasteiger charge is 2.10. The molecule has 2 nitrogen and oxygen atoms in total. The third-order valence-electron chi connectivity index (χ3n) is 2.01. The predicted octanol–water partition coefficient (Wildman–Crippen LogP) is 3.86. The van der Waals surface area contributed by atoms with E-state index < -0.39 is 0 Å². The summed E-state index contributed by atoms with van der Waals surface area (Å²) in [6.07, 6.45) is 0. The number of aromatic nitrogens is 1. The van der Waals surface area contributed by atoms with Crippen LogP contribution in [0.25, 0.3) is 11.1 Å². The number of hydrogen-bond acceptors (Lipinski definition) is 2. The monoisotopic (exact) mass is 259 g/mol. The summed E-state index contributed by atoms with van der Waals surface area (Å²) in [5, 5.41) is 0.190. The highest BCUT2D eigenvalue weighted by Crippen LogP contribution is 2.30. The van der Waals surface area contributed by atoms with Crippen molar-refractivity contribution in [2.45, 2.75) is 13.8 Å². The lowest BCUT2D eigenvalue weighted by atomic mass is 10.1. The van der Waals surface area contributed by atoms with Gasteiger partial charge in [0.05, 0.1) is 0 Å². The number of nitrogens with zero attached hydrogens (tertiary/aromatic N) is 1. The zero-order chi connectivity index (χ0) is 9.59. The smallest absolute Gasteiger partial charge is 0.293 e. The third kappa shape index (κ3) is 1.36. The second kappa shape index (κ2) is 3.00. The number of rotatable bonds is 0. The Kier molecular flexibility index (Phi) is 2.08. The first-order valence-corrected chi connectivity index (χ1v) is 4.98. The van der Waals surface area contributed by atoms with Crippen molar-refractivity contribution in [3.63, 3.8) is 0 Å². The third-order valence-corrected chi connectivity index (χ3v) is 3.39. The predicted molar refractivity (Wildman–Crippen MR) is 56.2 cm³/mol. The topological polar surface area (TPSA) is 26.0 Å². The normalized spacial score (nSPS) is 11.1. The molecular formula is C9H7BrClNO. The average molecular weight is 261 g/mol. The molecule has 13 heavy (non-hydrogen) atoms. The van der Waals surface area contributed by atoms with E-state index in [4.69, 9.17) is 16.0 Å². The van der Waals surface area contributed by atoms with Crippen molar-refractivity contribution in [1.29, 1.82) is 0 Å². The summed E-state index contributed by atoms with van der Waals surface area (Å²) in [5.74, 6) is 0. The van der Waals surface area contributed by atoms with E-state index in [1.165, 1.54) is 0 Å². The molecule has 0 saturated carbocycles. The van der Waals surface area contributed by atoms with E-state index in [0.717, 1.165) is 26.7 Å². The minimum atomic E-state index is 0.190. The fourth-order valence-electron chi connectivity index (χ4n) is 1.33. The van der Waals surface area contributed by atoms with Crippen LogP contribution in [0.3, 0.4) is 0 Å².